The van der Waals surface area contributed by atoms with Crippen LogP contribution in [0.25, 0.3) is 0 Å². The molecule has 0 radical (unpaired) electrons. The molecule has 1 atom stereocenters. The van der Waals surface area contributed by atoms with Crippen molar-refractivity contribution in [1.29, 1.82) is 0 Å². The Morgan fingerprint density at radius 2 is 1.80 bits per heavy atom. The first-order valence-corrected chi connectivity index (χ1v) is 5.67. The lowest BCUT2D eigenvalue weighted by atomic mass is 10.0. The van der Waals surface area contributed by atoms with Gasteiger partial charge in [-0.3, -0.25) is 4.79 Å². The fourth-order valence-electron chi connectivity index (χ4n) is 1.48. The average Bonchev–Trinajstić information content (AvgIpc) is 2.15. The summed E-state index contributed by atoms with van der Waals surface area (Å²) in [6.45, 7) is 5.42. The van der Waals surface area contributed by atoms with E-state index in [4.69, 9.17) is 0 Å². The number of hydrogen-bond donors (Lipinski definition) is 0. The summed E-state index contributed by atoms with van der Waals surface area (Å²) in [5.41, 5.74) is 2.37. The summed E-state index contributed by atoms with van der Waals surface area (Å²) < 4.78 is 11.8. The highest BCUT2D eigenvalue weighted by Gasteiger charge is 2.33. The molecule has 0 heterocycles. The van der Waals surface area contributed by atoms with Crippen LogP contribution in [0.5, 0.6) is 0 Å². The zero-order valence-electron chi connectivity index (χ0n) is 9.10. The van der Waals surface area contributed by atoms with E-state index in [1.807, 2.05) is 19.9 Å². The van der Waals surface area contributed by atoms with Gasteiger partial charge in [0.2, 0.25) is 10.4 Å². The summed E-state index contributed by atoms with van der Waals surface area (Å²) in [4.78, 5) is 11.8. The van der Waals surface area contributed by atoms with Crippen LogP contribution >= 0.6 is 15.9 Å². The Labute approximate surface area is 97.8 Å². The number of aryl methyl sites for hydroxylation is 2. The Morgan fingerprint density at radius 1 is 1.33 bits per heavy atom. The van der Waals surface area contributed by atoms with E-state index in [0.29, 0.717) is 5.56 Å². The zero-order valence-corrected chi connectivity index (χ0v) is 10.7. The molecule has 0 spiro atoms. The first-order valence-electron chi connectivity index (χ1n) is 4.87. The maximum atomic E-state index is 13.7. The van der Waals surface area contributed by atoms with E-state index in [-0.39, 0.29) is 6.42 Å². The Hall–Kier alpha value is -0.700. The minimum atomic E-state index is -1.94. The van der Waals surface area contributed by atoms with Crippen LogP contribution in [-0.4, -0.2) is 10.4 Å². The summed E-state index contributed by atoms with van der Waals surface area (Å²) in [7, 11) is 0. The number of hydrogen-bond acceptors (Lipinski definition) is 1. The maximum Gasteiger partial charge on any atom is 0.226 e. The minimum Gasteiger partial charge on any atom is -0.290 e. The van der Waals surface area contributed by atoms with Gasteiger partial charge in [0, 0.05) is 5.56 Å². The summed E-state index contributed by atoms with van der Waals surface area (Å²) >= 11 is 2.82. The first-order chi connectivity index (χ1) is 6.86. The fraction of sp³-hybridized carbons (Fsp3) is 0.417. The number of alkyl halides is 2. The molecule has 3 heteroatoms. The second-order valence-electron chi connectivity index (χ2n) is 3.76. The highest BCUT2D eigenvalue weighted by atomic mass is 79.9. The smallest absolute Gasteiger partial charge is 0.226 e. The molecule has 1 aromatic carbocycles. The van der Waals surface area contributed by atoms with Crippen LogP contribution in [0.3, 0.4) is 0 Å². The number of rotatable bonds is 3. The highest BCUT2D eigenvalue weighted by molar-refractivity contribution is 9.10. The van der Waals surface area contributed by atoms with E-state index >= 15 is 0 Å². The van der Waals surface area contributed by atoms with Crippen LogP contribution in [0.15, 0.2) is 18.2 Å². The molecule has 0 saturated carbocycles. The third-order valence-electron chi connectivity index (χ3n) is 2.26. The molecule has 0 fully saturated rings. The van der Waals surface area contributed by atoms with Crippen molar-refractivity contribution < 1.29 is 9.18 Å². The van der Waals surface area contributed by atoms with Crippen LogP contribution in [0.1, 0.15) is 34.8 Å². The molecule has 0 aromatic heterocycles. The van der Waals surface area contributed by atoms with Crippen molar-refractivity contribution >= 4 is 21.7 Å². The fourth-order valence-corrected chi connectivity index (χ4v) is 1.71. The monoisotopic (exact) mass is 272 g/mol. The van der Waals surface area contributed by atoms with Gasteiger partial charge >= 0.3 is 0 Å². The van der Waals surface area contributed by atoms with Gasteiger partial charge in [-0.1, -0.05) is 24.1 Å². The molecule has 1 rings (SSSR count). The molecule has 0 aliphatic carbocycles. The third-order valence-corrected chi connectivity index (χ3v) is 3.18. The molecule has 0 bridgehead atoms. The lowest BCUT2D eigenvalue weighted by Gasteiger charge is -2.15. The number of carbonyl (C=O) groups is 1. The van der Waals surface area contributed by atoms with Gasteiger partial charge in [0.05, 0.1) is 0 Å². The van der Waals surface area contributed by atoms with Gasteiger partial charge in [-0.2, -0.15) is 0 Å². The number of ketones is 1. The van der Waals surface area contributed by atoms with Crippen LogP contribution in [0.4, 0.5) is 4.39 Å². The molecule has 0 saturated heterocycles. The SMILES string of the molecule is CC[C@@](F)(Br)C(=O)c1cc(C)cc(C)c1. The standard InChI is InChI=1S/C12H14BrFO/c1-4-12(13,14)11(15)10-6-8(2)5-9(3)7-10/h5-7H,4H2,1-3H3/t12-/m0/s1. The van der Waals surface area contributed by atoms with Gasteiger partial charge < -0.3 is 0 Å². The van der Waals surface area contributed by atoms with Crippen molar-refractivity contribution in [1.82, 2.24) is 0 Å². The zero-order chi connectivity index (χ0) is 11.6. The molecule has 1 aromatic rings. The molecule has 82 valence electrons. The maximum absolute atomic E-state index is 13.7. The lowest BCUT2D eigenvalue weighted by molar-refractivity contribution is 0.0843. The van der Waals surface area contributed by atoms with E-state index in [0.717, 1.165) is 11.1 Å². The summed E-state index contributed by atoms with van der Waals surface area (Å²) in [6, 6.07) is 5.37. The molecule has 1 nitrogen and oxygen atoms in total. The molecule has 0 N–H and O–H groups in total. The average molecular weight is 273 g/mol. The summed E-state index contributed by atoms with van der Waals surface area (Å²) in [5.74, 6) is -0.503. The van der Waals surface area contributed by atoms with Crippen molar-refractivity contribution in [2.24, 2.45) is 0 Å². The Bertz CT molecular complexity index is 365. The van der Waals surface area contributed by atoms with E-state index in [2.05, 4.69) is 15.9 Å². The van der Waals surface area contributed by atoms with E-state index in [9.17, 15) is 9.18 Å². The molecular weight excluding hydrogens is 259 g/mol. The second-order valence-corrected chi connectivity index (χ2v) is 5.02. The topological polar surface area (TPSA) is 17.1 Å². The van der Waals surface area contributed by atoms with E-state index in [1.54, 1.807) is 19.1 Å². The number of Topliss-reactive ketones (excluding diaryl/α,β-unsaturated/α-hetero) is 1. The molecule has 0 aliphatic rings. The van der Waals surface area contributed by atoms with Crippen LogP contribution in [-0.2, 0) is 0 Å². The van der Waals surface area contributed by atoms with Gasteiger partial charge in [0.15, 0.2) is 0 Å². The largest absolute Gasteiger partial charge is 0.290 e. The summed E-state index contributed by atoms with van der Waals surface area (Å²) in [6.07, 6.45) is 0.124. The van der Waals surface area contributed by atoms with Gasteiger partial charge in [0.1, 0.15) is 0 Å². The number of carbonyl (C=O) groups excluding carboxylic acids is 1. The lowest BCUT2D eigenvalue weighted by Crippen LogP contribution is -2.25. The van der Waals surface area contributed by atoms with Crippen molar-refractivity contribution in [3.63, 3.8) is 0 Å². The molecule has 15 heavy (non-hydrogen) atoms. The molecule has 0 unspecified atom stereocenters. The summed E-state index contributed by atoms with van der Waals surface area (Å²) in [5, 5.41) is 0. The normalized spacial score (nSPS) is 14.7. The Morgan fingerprint density at radius 3 is 2.20 bits per heavy atom. The van der Waals surface area contributed by atoms with Gasteiger partial charge in [-0.05, 0) is 48.3 Å². The molecule has 0 aliphatic heterocycles. The van der Waals surface area contributed by atoms with Crippen molar-refractivity contribution in [2.75, 3.05) is 0 Å². The van der Waals surface area contributed by atoms with Crippen molar-refractivity contribution in [3.8, 4) is 0 Å². The molecule has 0 amide bonds. The number of halogens is 2. The van der Waals surface area contributed by atoms with Crippen LogP contribution < -0.4 is 0 Å². The highest BCUT2D eigenvalue weighted by Crippen LogP contribution is 2.29. The predicted molar refractivity (Wildman–Crippen MR) is 63.3 cm³/mol. The third kappa shape index (κ3) is 2.88. The second kappa shape index (κ2) is 4.44. The predicted octanol–water partition coefficient (Wildman–Crippen LogP) is 3.96. The van der Waals surface area contributed by atoms with Gasteiger partial charge in [-0.25, -0.2) is 4.39 Å². The van der Waals surface area contributed by atoms with Crippen LogP contribution in [0.2, 0.25) is 0 Å². The molecular formula is C12H14BrFO. The van der Waals surface area contributed by atoms with E-state index in [1.165, 1.54) is 0 Å². The Balaban J connectivity index is 3.12. The van der Waals surface area contributed by atoms with Crippen molar-refractivity contribution in [2.45, 2.75) is 31.8 Å². The first kappa shape index (κ1) is 12.4. The quantitative estimate of drug-likeness (QED) is 0.602. The van der Waals surface area contributed by atoms with Gasteiger partial charge in [0.25, 0.3) is 0 Å². The Kier molecular flexibility index (Phi) is 3.66. The van der Waals surface area contributed by atoms with Crippen molar-refractivity contribution in [3.05, 3.63) is 34.9 Å². The minimum absolute atomic E-state index is 0.124. The van der Waals surface area contributed by atoms with Gasteiger partial charge in [-0.15, -0.1) is 0 Å². The van der Waals surface area contributed by atoms with Crippen LogP contribution in [0, 0.1) is 13.8 Å². The number of benzene rings is 1. The van der Waals surface area contributed by atoms with E-state index < -0.39 is 10.4 Å².